The lowest BCUT2D eigenvalue weighted by molar-refractivity contribution is 0.155. The molecule has 2 amide bonds. The average molecular weight is 302 g/mol. The highest BCUT2D eigenvalue weighted by atomic mass is 16.5. The lowest BCUT2D eigenvalue weighted by Gasteiger charge is -2.32. The van der Waals surface area contributed by atoms with Crippen molar-refractivity contribution in [2.45, 2.75) is 0 Å². The minimum atomic E-state index is -0.201. The third kappa shape index (κ3) is 3.34. The summed E-state index contributed by atoms with van der Waals surface area (Å²) in [5.41, 5.74) is 6.07. The summed E-state index contributed by atoms with van der Waals surface area (Å²) in [6.45, 7) is 3.13. The van der Waals surface area contributed by atoms with Crippen LogP contribution in [-0.2, 0) is 0 Å². The molecule has 1 fully saturated rings. The van der Waals surface area contributed by atoms with E-state index >= 15 is 0 Å². The van der Waals surface area contributed by atoms with Gasteiger partial charge in [0.25, 0.3) is 0 Å². The summed E-state index contributed by atoms with van der Waals surface area (Å²) >= 11 is 0. The van der Waals surface area contributed by atoms with E-state index in [0.717, 1.165) is 18.7 Å². The summed E-state index contributed by atoms with van der Waals surface area (Å²) in [7, 11) is 2.04. The lowest BCUT2D eigenvalue weighted by Crippen LogP contribution is -2.51. The molecule has 0 aliphatic carbocycles. The molecule has 0 unspecified atom stereocenters. The Bertz CT molecular complexity index is 621. The van der Waals surface area contributed by atoms with Crippen molar-refractivity contribution in [3.8, 4) is 11.4 Å². The Hall–Kier alpha value is -2.61. The van der Waals surface area contributed by atoms with Crippen LogP contribution in [0.2, 0.25) is 0 Å². The van der Waals surface area contributed by atoms with Gasteiger partial charge in [0.2, 0.25) is 5.82 Å². The highest BCUT2D eigenvalue weighted by Crippen LogP contribution is 2.16. The van der Waals surface area contributed by atoms with Crippen molar-refractivity contribution in [2.75, 3.05) is 38.7 Å². The molecular weight excluding hydrogens is 284 g/mol. The fourth-order valence-electron chi connectivity index (χ4n) is 2.17. The van der Waals surface area contributed by atoms with E-state index in [2.05, 4.69) is 25.9 Å². The molecule has 0 radical (unpaired) electrons. The summed E-state index contributed by atoms with van der Waals surface area (Å²) in [4.78, 5) is 20.1. The number of aromatic nitrogens is 2. The highest BCUT2D eigenvalue weighted by molar-refractivity contribution is 5.75. The Morgan fingerprint density at radius 3 is 2.64 bits per heavy atom. The van der Waals surface area contributed by atoms with Crippen LogP contribution in [0.1, 0.15) is 0 Å². The summed E-state index contributed by atoms with van der Waals surface area (Å²) in [5, 5.41) is 3.87. The molecule has 1 saturated heterocycles. The number of urea groups is 1. The van der Waals surface area contributed by atoms with Gasteiger partial charge >= 0.3 is 12.0 Å². The van der Waals surface area contributed by atoms with E-state index in [1.54, 1.807) is 4.90 Å². The van der Waals surface area contributed by atoms with E-state index < -0.39 is 0 Å². The van der Waals surface area contributed by atoms with Gasteiger partial charge in [0, 0.05) is 31.7 Å². The van der Waals surface area contributed by atoms with E-state index in [0.29, 0.717) is 18.9 Å². The largest absolute Gasteiger partial charge is 0.340 e. The molecule has 8 nitrogen and oxygen atoms in total. The molecule has 116 valence electrons. The van der Waals surface area contributed by atoms with E-state index in [-0.39, 0.29) is 12.0 Å². The molecule has 1 aliphatic heterocycles. The molecular formula is C14H18N6O2. The van der Waals surface area contributed by atoms with Crippen LogP contribution >= 0.6 is 0 Å². The van der Waals surface area contributed by atoms with Crippen LogP contribution in [0.15, 0.2) is 34.9 Å². The number of hydrogen-bond acceptors (Lipinski definition) is 6. The SMILES string of the molecule is CN1CCN(C(=O)NNc2nc(-c3ccccc3)no2)CC1. The summed E-state index contributed by atoms with van der Waals surface area (Å²) in [6.07, 6.45) is 0. The number of piperazine rings is 1. The summed E-state index contributed by atoms with van der Waals surface area (Å²) in [6, 6.07) is 9.43. The Labute approximate surface area is 128 Å². The molecule has 2 N–H and O–H groups in total. The van der Waals surface area contributed by atoms with Crippen molar-refractivity contribution in [3.05, 3.63) is 30.3 Å². The number of carbonyl (C=O) groups is 1. The van der Waals surface area contributed by atoms with Crippen molar-refractivity contribution in [1.82, 2.24) is 25.4 Å². The van der Waals surface area contributed by atoms with Gasteiger partial charge in [-0.2, -0.15) is 4.98 Å². The van der Waals surface area contributed by atoms with E-state index in [1.165, 1.54) is 0 Å². The molecule has 0 bridgehead atoms. The zero-order valence-corrected chi connectivity index (χ0v) is 12.3. The van der Waals surface area contributed by atoms with Crippen LogP contribution < -0.4 is 10.9 Å². The molecule has 0 atom stereocenters. The maximum Gasteiger partial charge on any atom is 0.340 e. The first kappa shape index (κ1) is 14.3. The van der Waals surface area contributed by atoms with Crippen molar-refractivity contribution in [1.29, 1.82) is 0 Å². The summed E-state index contributed by atoms with van der Waals surface area (Å²) in [5.74, 6) is 0.469. The van der Waals surface area contributed by atoms with Gasteiger partial charge in [-0.1, -0.05) is 35.5 Å². The maximum atomic E-state index is 12.0. The van der Waals surface area contributed by atoms with Gasteiger partial charge in [-0.25, -0.2) is 15.6 Å². The average Bonchev–Trinajstić information content (AvgIpc) is 3.03. The third-order valence-corrected chi connectivity index (χ3v) is 3.52. The topological polar surface area (TPSA) is 86.5 Å². The van der Waals surface area contributed by atoms with Crippen LogP contribution in [0.5, 0.6) is 0 Å². The predicted molar refractivity (Wildman–Crippen MR) is 81.0 cm³/mol. The van der Waals surface area contributed by atoms with Gasteiger partial charge in [0.15, 0.2) is 0 Å². The van der Waals surface area contributed by atoms with E-state index in [1.807, 2.05) is 37.4 Å². The quantitative estimate of drug-likeness (QED) is 0.823. The van der Waals surface area contributed by atoms with Gasteiger partial charge in [0.05, 0.1) is 0 Å². The first-order chi connectivity index (χ1) is 10.7. The standard InChI is InChI=1S/C14H18N6O2/c1-19-7-9-20(10-8-19)14(21)17-16-13-15-12(18-22-13)11-5-3-2-4-6-11/h2-6H,7-10H2,1H3,(H,17,21)(H,15,16,18). The molecule has 2 aromatic rings. The lowest BCUT2D eigenvalue weighted by atomic mass is 10.2. The number of rotatable bonds is 3. The number of nitrogens with zero attached hydrogens (tertiary/aromatic N) is 4. The van der Waals surface area contributed by atoms with Crippen LogP contribution in [0, 0.1) is 0 Å². The monoisotopic (exact) mass is 302 g/mol. The molecule has 0 spiro atoms. The third-order valence-electron chi connectivity index (χ3n) is 3.52. The molecule has 1 aromatic heterocycles. The fourth-order valence-corrected chi connectivity index (χ4v) is 2.17. The molecule has 3 rings (SSSR count). The second kappa shape index (κ2) is 6.44. The summed E-state index contributed by atoms with van der Waals surface area (Å²) < 4.78 is 5.06. The van der Waals surface area contributed by atoms with Crippen LogP contribution in [0.25, 0.3) is 11.4 Å². The molecule has 1 aliphatic rings. The van der Waals surface area contributed by atoms with Gasteiger partial charge < -0.3 is 14.3 Å². The first-order valence-electron chi connectivity index (χ1n) is 7.11. The number of anilines is 1. The Morgan fingerprint density at radius 2 is 1.91 bits per heavy atom. The van der Waals surface area contributed by atoms with Gasteiger partial charge in [-0.05, 0) is 7.05 Å². The number of benzene rings is 1. The Morgan fingerprint density at radius 1 is 1.18 bits per heavy atom. The Kier molecular flexibility index (Phi) is 4.19. The highest BCUT2D eigenvalue weighted by Gasteiger charge is 2.19. The molecule has 8 heteroatoms. The van der Waals surface area contributed by atoms with Crippen LogP contribution in [-0.4, -0.2) is 59.2 Å². The first-order valence-corrected chi connectivity index (χ1v) is 7.11. The van der Waals surface area contributed by atoms with Crippen molar-refractivity contribution in [2.24, 2.45) is 0 Å². The zero-order chi connectivity index (χ0) is 15.4. The van der Waals surface area contributed by atoms with Crippen molar-refractivity contribution in [3.63, 3.8) is 0 Å². The molecule has 22 heavy (non-hydrogen) atoms. The second-order valence-electron chi connectivity index (χ2n) is 5.13. The van der Waals surface area contributed by atoms with Crippen LogP contribution in [0.4, 0.5) is 10.8 Å². The number of hydrogen-bond donors (Lipinski definition) is 2. The minimum absolute atomic E-state index is 0.154. The number of amides is 2. The van der Waals surface area contributed by atoms with Gasteiger partial charge in [-0.15, -0.1) is 0 Å². The zero-order valence-electron chi connectivity index (χ0n) is 12.3. The number of carbonyl (C=O) groups excluding carboxylic acids is 1. The number of hydrazine groups is 1. The van der Waals surface area contributed by atoms with Crippen LogP contribution in [0.3, 0.4) is 0 Å². The van der Waals surface area contributed by atoms with Gasteiger partial charge in [-0.3, -0.25) is 0 Å². The molecule has 1 aromatic carbocycles. The minimum Gasteiger partial charge on any atom is -0.321 e. The van der Waals surface area contributed by atoms with E-state index in [4.69, 9.17) is 4.52 Å². The van der Waals surface area contributed by atoms with Gasteiger partial charge in [0.1, 0.15) is 0 Å². The molecule has 2 heterocycles. The predicted octanol–water partition coefficient (Wildman–Crippen LogP) is 1.02. The Balaban J connectivity index is 1.54. The smallest absolute Gasteiger partial charge is 0.321 e. The maximum absolute atomic E-state index is 12.0. The van der Waals surface area contributed by atoms with E-state index in [9.17, 15) is 4.79 Å². The van der Waals surface area contributed by atoms with Crippen molar-refractivity contribution >= 4 is 12.0 Å². The normalized spacial score (nSPS) is 15.6. The second-order valence-corrected chi connectivity index (χ2v) is 5.13. The molecule has 0 saturated carbocycles. The fraction of sp³-hybridized carbons (Fsp3) is 0.357. The number of likely N-dealkylation sites (N-methyl/N-ethyl adjacent to an activating group) is 1. The van der Waals surface area contributed by atoms with Crippen molar-refractivity contribution < 1.29 is 9.32 Å². The number of nitrogens with one attached hydrogen (secondary N) is 2.